The standard InChI is InChI=1S/C27H30FN3O4/c1-16-9-10-21-22(30(16)27(34)35-2)11-12-23-25(21)29-24(14-17-5-3-7-19(28)13-17)31(23)20-8-4-6-18(15-20)26(32)33/h3,5,7,11-13,16,18,20H,4,6,8-10,14-15H2,1-2H3,(H,32,33)/t16-,18+,20+/m0/s1. The summed E-state index contributed by atoms with van der Waals surface area (Å²) in [6.45, 7) is 2.01. The van der Waals surface area contributed by atoms with Gasteiger partial charge >= 0.3 is 12.1 Å². The second-order valence-corrected chi connectivity index (χ2v) is 9.72. The molecule has 184 valence electrons. The number of nitrogens with zero attached hydrogens (tertiary/aromatic N) is 3. The molecule has 1 saturated carbocycles. The average Bonchev–Trinajstić information content (AvgIpc) is 3.21. The molecule has 1 N–H and O–H groups in total. The summed E-state index contributed by atoms with van der Waals surface area (Å²) in [6.07, 6.45) is 4.53. The minimum Gasteiger partial charge on any atom is -0.481 e. The molecule has 1 aliphatic carbocycles. The van der Waals surface area contributed by atoms with Gasteiger partial charge in [-0.2, -0.15) is 0 Å². The normalized spacial score (nSPS) is 22.1. The van der Waals surface area contributed by atoms with Crippen LogP contribution in [-0.2, 0) is 22.4 Å². The van der Waals surface area contributed by atoms with Crippen molar-refractivity contribution in [3.63, 3.8) is 0 Å². The van der Waals surface area contributed by atoms with Crippen molar-refractivity contribution in [3.05, 3.63) is 59.2 Å². The number of anilines is 1. The topological polar surface area (TPSA) is 84.7 Å². The lowest BCUT2D eigenvalue weighted by atomic mass is 9.85. The Bertz CT molecular complexity index is 1290. The molecule has 0 bridgehead atoms. The predicted octanol–water partition coefficient (Wildman–Crippen LogP) is 5.49. The van der Waals surface area contributed by atoms with E-state index in [1.54, 1.807) is 11.0 Å². The number of aromatic nitrogens is 2. The number of carboxylic acid groups (broad SMARTS) is 1. The van der Waals surface area contributed by atoms with E-state index in [1.807, 2.05) is 25.1 Å². The van der Waals surface area contributed by atoms with Crippen LogP contribution in [0.4, 0.5) is 14.9 Å². The van der Waals surface area contributed by atoms with Crippen LogP contribution < -0.4 is 4.90 Å². The maximum atomic E-state index is 13.9. The smallest absolute Gasteiger partial charge is 0.414 e. The highest BCUT2D eigenvalue weighted by atomic mass is 19.1. The summed E-state index contributed by atoms with van der Waals surface area (Å²) in [5.74, 6) is -0.653. The molecule has 0 spiro atoms. The molecule has 3 aromatic rings. The van der Waals surface area contributed by atoms with Gasteiger partial charge in [0.05, 0.1) is 29.7 Å². The van der Waals surface area contributed by atoms with Gasteiger partial charge in [-0.05, 0) is 68.9 Å². The number of halogens is 1. The third-order valence-corrected chi connectivity index (χ3v) is 7.51. The molecular formula is C27H30FN3O4. The highest BCUT2D eigenvalue weighted by Gasteiger charge is 2.34. The van der Waals surface area contributed by atoms with Crippen molar-refractivity contribution < 1.29 is 23.8 Å². The summed E-state index contributed by atoms with van der Waals surface area (Å²) in [5, 5.41) is 9.67. The molecule has 0 unspecified atom stereocenters. The van der Waals surface area contributed by atoms with E-state index in [9.17, 15) is 19.1 Å². The Labute approximate surface area is 203 Å². The fourth-order valence-electron chi connectivity index (χ4n) is 5.81. The fourth-order valence-corrected chi connectivity index (χ4v) is 5.81. The van der Waals surface area contributed by atoms with E-state index in [0.717, 1.165) is 59.4 Å². The van der Waals surface area contributed by atoms with Crippen molar-refractivity contribution in [1.82, 2.24) is 9.55 Å². The number of imidazole rings is 1. The number of benzene rings is 2. The first-order chi connectivity index (χ1) is 16.9. The molecule has 1 aliphatic heterocycles. The summed E-state index contributed by atoms with van der Waals surface area (Å²) in [6, 6.07) is 10.4. The number of fused-ring (bicyclic) bond motifs is 3. The van der Waals surface area contributed by atoms with Gasteiger partial charge in [0.2, 0.25) is 0 Å². The van der Waals surface area contributed by atoms with Crippen molar-refractivity contribution >= 4 is 28.8 Å². The van der Waals surface area contributed by atoms with E-state index in [1.165, 1.54) is 19.2 Å². The molecule has 0 saturated heterocycles. The number of hydrogen-bond acceptors (Lipinski definition) is 4. The lowest BCUT2D eigenvalue weighted by Gasteiger charge is -2.34. The number of carbonyl (C=O) groups is 2. The van der Waals surface area contributed by atoms with Gasteiger partial charge in [-0.25, -0.2) is 14.2 Å². The monoisotopic (exact) mass is 479 g/mol. The van der Waals surface area contributed by atoms with Gasteiger partial charge < -0.3 is 14.4 Å². The lowest BCUT2D eigenvalue weighted by Crippen LogP contribution is -2.42. The van der Waals surface area contributed by atoms with Crippen LogP contribution in [0.1, 0.15) is 62.0 Å². The maximum Gasteiger partial charge on any atom is 0.414 e. The molecule has 2 aliphatic rings. The van der Waals surface area contributed by atoms with Crippen LogP contribution in [-0.4, -0.2) is 39.9 Å². The molecular weight excluding hydrogens is 449 g/mol. The van der Waals surface area contributed by atoms with Gasteiger partial charge in [0.25, 0.3) is 0 Å². The molecule has 1 fully saturated rings. The third-order valence-electron chi connectivity index (χ3n) is 7.51. The Balaban J connectivity index is 1.66. The maximum absolute atomic E-state index is 13.9. The number of aliphatic carboxylic acids is 1. The van der Waals surface area contributed by atoms with Crippen molar-refractivity contribution in [2.45, 2.75) is 64.0 Å². The quantitative estimate of drug-likeness (QED) is 0.535. The fraction of sp³-hybridized carbons (Fsp3) is 0.444. The zero-order chi connectivity index (χ0) is 24.7. The molecule has 5 rings (SSSR count). The van der Waals surface area contributed by atoms with Gasteiger partial charge in [0.15, 0.2) is 0 Å². The van der Waals surface area contributed by atoms with Crippen LogP contribution in [0.2, 0.25) is 0 Å². The second-order valence-electron chi connectivity index (χ2n) is 9.72. The van der Waals surface area contributed by atoms with Crippen LogP contribution in [0.15, 0.2) is 36.4 Å². The highest BCUT2D eigenvalue weighted by molar-refractivity contribution is 5.95. The molecule has 2 aromatic carbocycles. The molecule has 35 heavy (non-hydrogen) atoms. The predicted molar refractivity (Wildman–Crippen MR) is 130 cm³/mol. The number of methoxy groups -OCH3 is 1. The van der Waals surface area contributed by atoms with Crippen LogP contribution in [0.5, 0.6) is 0 Å². The van der Waals surface area contributed by atoms with E-state index in [0.29, 0.717) is 19.3 Å². The molecule has 8 heteroatoms. The summed E-state index contributed by atoms with van der Waals surface area (Å²) in [5.41, 5.74) is 4.37. The molecule has 1 aromatic heterocycles. The summed E-state index contributed by atoms with van der Waals surface area (Å²) in [4.78, 5) is 31.1. The Morgan fingerprint density at radius 1 is 1.20 bits per heavy atom. The van der Waals surface area contributed by atoms with Crippen LogP contribution in [0, 0.1) is 11.7 Å². The molecule has 7 nitrogen and oxygen atoms in total. The van der Waals surface area contributed by atoms with Crippen LogP contribution in [0.25, 0.3) is 11.0 Å². The first kappa shape index (κ1) is 23.3. The number of aryl methyl sites for hydroxylation is 1. The van der Waals surface area contributed by atoms with Crippen LogP contribution in [0.3, 0.4) is 0 Å². The lowest BCUT2D eigenvalue weighted by molar-refractivity contribution is -0.143. The van der Waals surface area contributed by atoms with Gasteiger partial charge in [-0.3, -0.25) is 9.69 Å². The van der Waals surface area contributed by atoms with E-state index in [-0.39, 0.29) is 23.8 Å². The zero-order valence-corrected chi connectivity index (χ0v) is 20.0. The second kappa shape index (κ2) is 9.32. The minimum absolute atomic E-state index is 0.00400. The zero-order valence-electron chi connectivity index (χ0n) is 20.0. The van der Waals surface area contributed by atoms with E-state index in [4.69, 9.17) is 9.72 Å². The highest BCUT2D eigenvalue weighted by Crippen LogP contribution is 2.40. The largest absolute Gasteiger partial charge is 0.481 e. The number of rotatable bonds is 4. The van der Waals surface area contributed by atoms with E-state index in [2.05, 4.69) is 4.57 Å². The van der Waals surface area contributed by atoms with Crippen molar-refractivity contribution in [2.75, 3.05) is 12.0 Å². The van der Waals surface area contributed by atoms with E-state index < -0.39 is 12.1 Å². The molecule has 2 heterocycles. The summed E-state index contributed by atoms with van der Waals surface area (Å²) in [7, 11) is 1.38. The average molecular weight is 480 g/mol. The summed E-state index contributed by atoms with van der Waals surface area (Å²) >= 11 is 0. The first-order valence-electron chi connectivity index (χ1n) is 12.2. The number of hydrogen-bond donors (Lipinski definition) is 1. The number of carbonyl (C=O) groups excluding carboxylic acids is 1. The van der Waals surface area contributed by atoms with Crippen molar-refractivity contribution in [2.24, 2.45) is 5.92 Å². The minimum atomic E-state index is -0.758. The van der Waals surface area contributed by atoms with Crippen LogP contribution >= 0.6 is 0 Å². The third kappa shape index (κ3) is 4.26. The number of ether oxygens (including phenoxy) is 1. The number of carboxylic acids is 1. The number of amides is 1. The first-order valence-corrected chi connectivity index (χ1v) is 12.2. The SMILES string of the molecule is COC(=O)N1c2ccc3c(nc(Cc4cccc(F)c4)n3[C@@H]3CCC[C@@H](C(=O)O)C3)c2CC[C@@H]1C. The Morgan fingerprint density at radius 2 is 2.03 bits per heavy atom. The Kier molecular flexibility index (Phi) is 6.21. The molecule has 1 amide bonds. The van der Waals surface area contributed by atoms with Gasteiger partial charge in [0, 0.05) is 24.1 Å². The van der Waals surface area contributed by atoms with Crippen molar-refractivity contribution in [3.8, 4) is 0 Å². The molecule has 0 radical (unpaired) electrons. The molecule has 3 atom stereocenters. The van der Waals surface area contributed by atoms with E-state index >= 15 is 0 Å². The van der Waals surface area contributed by atoms with Gasteiger partial charge in [-0.15, -0.1) is 0 Å². The van der Waals surface area contributed by atoms with Gasteiger partial charge in [-0.1, -0.05) is 18.6 Å². The van der Waals surface area contributed by atoms with Crippen molar-refractivity contribution in [1.29, 1.82) is 0 Å². The Hall–Kier alpha value is -3.42. The Morgan fingerprint density at radius 3 is 2.77 bits per heavy atom. The summed E-state index contributed by atoms with van der Waals surface area (Å²) < 4.78 is 21.2. The van der Waals surface area contributed by atoms with Gasteiger partial charge in [0.1, 0.15) is 11.6 Å².